The fourth-order valence-corrected chi connectivity index (χ4v) is 27.3. The second-order valence-corrected chi connectivity index (χ2v) is 25.0. The molecule has 0 bridgehead atoms. The highest BCUT2D eigenvalue weighted by atomic mass is 15.2. The Labute approximate surface area is 321 Å². The van der Waals surface area contributed by atoms with Gasteiger partial charge in [0.15, 0.2) is 0 Å². The molecule has 17 aliphatic rings. The molecule has 1 spiro atoms. The van der Waals surface area contributed by atoms with Crippen LogP contribution < -0.4 is 4.90 Å². The van der Waals surface area contributed by atoms with Gasteiger partial charge in [0.25, 0.3) is 0 Å². The van der Waals surface area contributed by atoms with Crippen LogP contribution in [0.15, 0.2) is 72.3 Å². The van der Waals surface area contributed by atoms with Crippen LogP contribution in [0.2, 0.25) is 0 Å². The fraction of sp³-hybridized carbons (Fsp3) is 0.736. The lowest BCUT2D eigenvalue weighted by Crippen LogP contribution is -2.61. The highest BCUT2D eigenvalue weighted by molar-refractivity contribution is 5.56. The van der Waals surface area contributed by atoms with E-state index < -0.39 is 0 Å². The molecule has 19 rings (SSSR count). The Kier molecular flexibility index (Phi) is 4.16. The molecule has 31 atom stereocenters. The number of hydrogen-bond donors (Lipinski definition) is 0. The van der Waals surface area contributed by atoms with Gasteiger partial charge in [-0.15, -0.1) is 0 Å². The Balaban J connectivity index is 0.939. The standard InChI is InChI=1S/C53H57N/c1-3-7-20(8-4-1)52-53-18-27-16-25-14-22-11-21-12-24-13-23-15-26-17-29(30(53)19-54(52)28-9-5-2-6-10-28)38-43-34(26)33(23)40-35(24)39-31(21)32(22)41-36(25)42-37(27)51(53)50(38)49-47(42)45(41)44(39)46(40)48(43)49/h1-10,18,21-26,29-52H,11-17,19H2. The SMILES string of the molecule is C1=C2CC3CC4CC5CC6CC7CC8CC9C%10C%11C8C7C7C6C6C5C4C4C3C3C2C(C%10C2C3C4C6C7C%112)C12C9CN(c1ccccc1)C2c1ccccc1. The van der Waals surface area contributed by atoms with Gasteiger partial charge in [-0.2, -0.15) is 0 Å². The van der Waals surface area contributed by atoms with Crippen molar-refractivity contribution in [2.45, 2.75) is 51.0 Å². The molecule has 54 heavy (non-hydrogen) atoms. The van der Waals surface area contributed by atoms with Crippen LogP contribution >= 0.6 is 0 Å². The Hall–Kier alpha value is -2.02. The van der Waals surface area contributed by atoms with Crippen LogP contribution in [-0.4, -0.2) is 6.54 Å². The van der Waals surface area contributed by atoms with E-state index in [9.17, 15) is 0 Å². The summed E-state index contributed by atoms with van der Waals surface area (Å²) < 4.78 is 0. The summed E-state index contributed by atoms with van der Waals surface area (Å²) in [4.78, 5) is 3.07. The minimum Gasteiger partial charge on any atom is -0.363 e. The Morgan fingerprint density at radius 2 is 0.926 bits per heavy atom. The lowest BCUT2D eigenvalue weighted by atomic mass is 9.39. The molecule has 2 aromatic carbocycles. The van der Waals surface area contributed by atoms with Gasteiger partial charge in [0.2, 0.25) is 0 Å². The van der Waals surface area contributed by atoms with Gasteiger partial charge in [-0.3, -0.25) is 0 Å². The molecule has 16 fully saturated rings. The first-order chi connectivity index (χ1) is 26.8. The molecule has 1 nitrogen and oxygen atoms in total. The first kappa shape index (κ1) is 27.6. The van der Waals surface area contributed by atoms with E-state index in [0.717, 1.165) is 107 Å². The average molecular weight is 708 g/mol. The predicted octanol–water partition coefficient (Wildman–Crippen LogP) is 9.98. The number of anilines is 1. The number of fused-ring (bicyclic) bond motifs is 1. The van der Waals surface area contributed by atoms with Crippen LogP contribution in [0.25, 0.3) is 0 Å². The van der Waals surface area contributed by atoms with Gasteiger partial charge in [-0.25, -0.2) is 0 Å². The first-order valence-corrected chi connectivity index (χ1v) is 24.4. The van der Waals surface area contributed by atoms with Crippen molar-refractivity contribution in [3.05, 3.63) is 77.9 Å². The minimum absolute atomic E-state index is 0.334. The second-order valence-electron chi connectivity index (χ2n) is 25.0. The van der Waals surface area contributed by atoms with Crippen LogP contribution in [0.5, 0.6) is 0 Å². The summed E-state index contributed by atoms with van der Waals surface area (Å²) in [6, 6.07) is 24.9. The Bertz CT molecular complexity index is 2160. The topological polar surface area (TPSA) is 3.24 Å². The molecule has 1 aliphatic heterocycles. The molecule has 0 N–H and O–H groups in total. The van der Waals surface area contributed by atoms with E-state index in [2.05, 4.69) is 77.2 Å². The number of allylic oxidation sites excluding steroid dienone is 1. The third-order valence-electron chi connectivity index (χ3n) is 25.7. The van der Waals surface area contributed by atoms with Gasteiger partial charge in [0, 0.05) is 17.6 Å². The fourth-order valence-electron chi connectivity index (χ4n) is 27.3. The lowest BCUT2D eigenvalue weighted by molar-refractivity contribution is -0.161. The summed E-state index contributed by atoms with van der Waals surface area (Å²) in [5.41, 5.74) is 5.64. The van der Waals surface area contributed by atoms with Crippen molar-refractivity contribution < 1.29 is 0 Å². The Morgan fingerprint density at radius 1 is 0.444 bits per heavy atom. The van der Waals surface area contributed by atoms with Crippen LogP contribution in [-0.2, 0) is 0 Å². The maximum absolute atomic E-state index is 3.28. The molecule has 0 aromatic heterocycles. The molecule has 16 aliphatic carbocycles. The van der Waals surface area contributed by atoms with E-state index >= 15 is 0 Å². The molecule has 15 saturated carbocycles. The summed E-state index contributed by atoms with van der Waals surface area (Å²) in [5.74, 6) is 32.4. The van der Waals surface area contributed by atoms with Crippen molar-refractivity contribution in [3.8, 4) is 0 Å². The molecule has 1 heterocycles. The molecule has 1 heteroatoms. The van der Waals surface area contributed by atoms with Crippen LogP contribution in [0.3, 0.4) is 0 Å². The molecule has 0 radical (unpaired) electrons. The van der Waals surface area contributed by atoms with Gasteiger partial charge in [0.1, 0.15) is 0 Å². The van der Waals surface area contributed by atoms with Crippen molar-refractivity contribution >= 4 is 5.69 Å². The summed E-state index contributed by atoms with van der Waals surface area (Å²) in [6.45, 7) is 1.33. The summed E-state index contributed by atoms with van der Waals surface area (Å²) >= 11 is 0. The van der Waals surface area contributed by atoms with E-state index in [-0.39, 0.29) is 0 Å². The van der Waals surface area contributed by atoms with E-state index in [1.54, 1.807) is 44.1 Å². The number of rotatable bonds is 2. The number of hydrogen-bond acceptors (Lipinski definition) is 1. The lowest BCUT2D eigenvalue weighted by Gasteiger charge is -2.64. The van der Waals surface area contributed by atoms with E-state index in [1.807, 2.05) is 0 Å². The van der Waals surface area contributed by atoms with Crippen LogP contribution in [0.4, 0.5) is 5.69 Å². The first-order valence-electron chi connectivity index (χ1n) is 24.4. The number of nitrogens with zero attached hydrogens (tertiary/aromatic N) is 1. The largest absolute Gasteiger partial charge is 0.363 e. The second kappa shape index (κ2) is 8.15. The molecule has 0 amide bonds. The number of benzene rings is 2. The summed E-state index contributed by atoms with van der Waals surface area (Å²) in [5, 5.41) is 0. The molecule has 31 unspecified atom stereocenters. The van der Waals surface area contributed by atoms with Crippen molar-refractivity contribution in [1.82, 2.24) is 0 Å². The Morgan fingerprint density at radius 3 is 1.57 bits per heavy atom. The van der Waals surface area contributed by atoms with Gasteiger partial charge in [-0.1, -0.05) is 60.2 Å². The third kappa shape index (κ3) is 2.37. The van der Waals surface area contributed by atoms with Crippen molar-refractivity contribution in [2.24, 2.45) is 177 Å². The normalized spacial score (nSPS) is 70.9. The maximum atomic E-state index is 3.28. The van der Waals surface area contributed by atoms with Crippen LogP contribution in [0.1, 0.15) is 56.6 Å². The molecule has 1 saturated heterocycles. The predicted molar refractivity (Wildman–Crippen MR) is 207 cm³/mol. The quantitative estimate of drug-likeness (QED) is 0.281. The molecule has 2 aromatic rings. The molecular formula is C53H57N. The van der Waals surface area contributed by atoms with E-state index in [0.29, 0.717) is 11.5 Å². The summed E-state index contributed by atoms with van der Waals surface area (Å²) in [7, 11) is 0. The van der Waals surface area contributed by atoms with Gasteiger partial charge < -0.3 is 4.90 Å². The smallest absolute Gasteiger partial charge is 0.0639 e. The van der Waals surface area contributed by atoms with Gasteiger partial charge in [-0.05, 0) is 234 Å². The van der Waals surface area contributed by atoms with Crippen molar-refractivity contribution in [2.75, 3.05) is 11.4 Å². The van der Waals surface area contributed by atoms with Gasteiger partial charge in [0.05, 0.1) is 6.04 Å². The molecule has 274 valence electrons. The van der Waals surface area contributed by atoms with Crippen molar-refractivity contribution in [1.29, 1.82) is 0 Å². The average Bonchev–Trinajstić information content (AvgIpc) is 4.05. The van der Waals surface area contributed by atoms with E-state index in [1.165, 1.54) is 83.7 Å². The summed E-state index contributed by atoms with van der Waals surface area (Å²) in [6.07, 6.45) is 14.9. The van der Waals surface area contributed by atoms with E-state index in [4.69, 9.17) is 0 Å². The number of para-hydroxylation sites is 1. The van der Waals surface area contributed by atoms with Gasteiger partial charge >= 0.3 is 0 Å². The zero-order chi connectivity index (χ0) is 33.6. The maximum Gasteiger partial charge on any atom is 0.0639 e. The zero-order valence-electron chi connectivity index (χ0n) is 31.8. The monoisotopic (exact) mass is 707 g/mol. The molecular weight excluding hydrogens is 651 g/mol. The highest BCUT2D eigenvalue weighted by Crippen LogP contribution is 2.93. The minimum atomic E-state index is 0.334. The third-order valence-corrected chi connectivity index (χ3v) is 25.7. The zero-order valence-corrected chi connectivity index (χ0v) is 31.8. The van der Waals surface area contributed by atoms with Crippen LogP contribution in [0, 0.1) is 177 Å². The highest BCUT2D eigenvalue weighted by Gasteiger charge is 2.90. The van der Waals surface area contributed by atoms with Crippen molar-refractivity contribution in [3.63, 3.8) is 0 Å².